The van der Waals surface area contributed by atoms with Crippen molar-refractivity contribution in [2.45, 2.75) is 71.1 Å². The molecule has 2 aromatic heterocycles. The lowest BCUT2D eigenvalue weighted by molar-refractivity contribution is 0.0488. The van der Waals surface area contributed by atoms with Crippen molar-refractivity contribution in [1.82, 2.24) is 15.6 Å². The average molecular weight is 614 g/mol. The molecule has 1 fully saturated rings. The number of carbonyl (C=O) groups is 3. The SMILES string of the molecule is Cc1cc(Oc2ccccc2)ccc1N1C(=O)Nc2c(C(=O)NC3CCC(NC(=O)OC(C)(C)C)CC3)sc3nccc1c23. The van der Waals surface area contributed by atoms with Crippen LogP contribution >= 0.6 is 11.3 Å². The highest BCUT2D eigenvalue weighted by Crippen LogP contribution is 2.46. The minimum absolute atomic E-state index is 0.00272. The van der Waals surface area contributed by atoms with Crippen molar-refractivity contribution in [1.29, 1.82) is 0 Å². The summed E-state index contributed by atoms with van der Waals surface area (Å²) in [6.45, 7) is 7.43. The number of pyridine rings is 1. The molecule has 4 aromatic rings. The molecule has 10 nitrogen and oxygen atoms in total. The van der Waals surface area contributed by atoms with Crippen molar-refractivity contribution in [3.8, 4) is 11.5 Å². The van der Waals surface area contributed by atoms with E-state index in [-0.39, 0.29) is 24.0 Å². The van der Waals surface area contributed by atoms with Crippen molar-refractivity contribution in [3.63, 3.8) is 0 Å². The highest BCUT2D eigenvalue weighted by Gasteiger charge is 2.34. The van der Waals surface area contributed by atoms with Gasteiger partial charge < -0.3 is 25.4 Å². The van der Waals surface area contributed by atoms with Crippen LogP contribution in [0.3, 0.4) is 0 Å². The van der Waals surface area contributed by atoms with E-state index in [9.17, 15) is 14.4 Å². The molecule has 0 bridgehead atoms. The lowest BCUT2D eigenvalue weighted by atomic mass is 9.91. The molecule has 4 amide bonds. The number of anilines is 3. The van der Waals surface area contributed by atoms with Crippen LogP contribution in [0.2, 0.25) is 0 Å². The fraction of sp³-hybridized carbons (Fsp3) is 0.333. The smallest absolute Gasteiger partial charge is 0.407 e. The molecule has 0 saturated heterocycles. The van der Waals surface area contributed by atoms with E-state index >= 15 is 0 Å². The fourth-order valence-electron chi connectivity index (χ4n) is 5.66. The van der Waals surface area contributed by atoms with Gasteiger partial charge in [-0.3, -0.25) is 9.69 Å². The van der Waals surface area contributed by atoms with Gasteiger partial charge in [-0.1, -0.05) is 18.2 Å². The minimum atomic E-state index is -0.554. The number of aromatic nitrogens is 1. The Morgan fingerprint density at radius 1 is 0.955 bits per heavy atom. The van der Waals surface area contributed by atoms with E-state index in [0.29, 0.717) is 32.5 Å². The molecular formula is C33H35N5O5S. The number of alkyl carbamates (subject to hydrolysis) is 1. The van der Waals surface area contributed by atoms with E-state index < -0.39 is 11.7 Å². The van der Waals surface area contributed by atoms with Crippen molar-refractivity contribution in [2.24, 2.45) is 0 Å². The minimum Gasteiger partial charge on any atom is -0.457 e. The second kappa shape index (κ2) is 11.8. The third kappa shape index (κ3) is 6.19. The van der Waals surface area contributed by atoms with E-state index in [2.05, 4.69) is 20.9 Å². The second-order valence-corrected chi connectivity index (χ2v) is 13.1. The van der Waals surface area contributed by atoms with Gasteiger partial charge in [-0.25, -0.2) is 14.6 Å². The lowest BCUT2D eigenvalue weighted by Crippen LogP contribution is -2.45. The number of benzene rings is 2. The fourth-order valence-corrected chi connectivity index (χ4v) is 6.68. The predicted octanol–water partition coefficient (Wildman–Crippen LogP) is 7.65. The van der Waals surface area contributed by atoms with Crippen LogP contribution in [0.15, 0.2) is 60.8 Å². The normalized spacial score (nSPS) is 18.0. The van der Waals surface area contributed by atoms with Crippen molar-refractivity contribution in [2.75, 3.05) is 10.2 Å². The van der Waals surface area contributed by atoms with Gasteiger partial charge in [-0.05, 0) is 95.3 Å². The topological polar surface area (TPSA) is 122 Å². The Labute approximate surface area is 259 Å². The van der Waals surface area contributed by atoms with Gasteiger partial charge in [0, 0.05) is 18.3 Å². The van der Waals surface area contributed by atoms with Gasteiger partial charge in [0.15, 0.2) is 0 Å². The molecule has 1 saturated carbocycles. The Bertz CT molecular complexity index is 1720. The van der Waals surface area contributed by atoms with Crippen LogP contribution < -0.4 is 25.6 Å². The van der Waals surface area contributed by atoms with E-state index in [0.717, 1.165) is 42.4 Å². The number of ether oxygens (including phenoxy) is 2. The molecule has 3 heterocycles. The number of hydrogen-bond donors (Lipinski definition) is 3. The number of carbonyl (C=O) groups excluding carboxylic acids is 3. The molecule has 0 radical (unpaired) electrons. The number of urea groups is 1. The van der Waals surface area contributed by atoms with Crippen LogP contribution in [0.25, 0.3) is 10.2 Å². The number of nitrogens with zero attached hydrogens (tertiary/aromatic N) is 2. The van der Waals surface area contributed by atoms with E-state index in [1.807, 2.05) is 76.2 Å². The highest BCUT2D eigenvalue weighted by molar-refractivity contribution is 7.21. The number of rotatable bonds is 6. The summed E-state index contributed by atoms with van der Waals surface area (Å²) >= 11 is 1.26. The average Bonchev–Trinajstić information content (AvgIpc) is 3.34. The number of thiophene rings is 1. The Morgan fingerprint density at radius 3 is 2.34 bits per heavy atom. The molecule has 228 valence electrons. The number of hydrogen-bond acceptors (Lipinski definition) is 7. The largest absolute Gasteiger partial charge is 0.457 e. The number of amides is 4. The maximum Gasteiger partial charge on any atom is 0.407 e. The molecule has 6 rings (SSSR count). The van der Waals surface area contributed by atoms with E-state index in [4.69, 9.17) is 9.47 Å². The molecule has 11 heteroatoms. The summed E-state index contributed by atoms with van der Waals surface area (Å²) in [5, 5.41) is 9.78. The third-order valence-electron chi connectivity index (χ3n) is 7.62. The summed E-state index contributed by atoms with van der Waals surface area (Å²) in [6, 6.07) is 16.5. The van der Waals surface area contributed by atoms with Crippen molar-refractivity contribution >= 4 is 56.6 Å². The van der Waals surface area contributed by atoms with Crippen molar-refractivity contribution < 1.29 is 23.9 Å². The highest BCUT2D eigenvalue weighted by atomic mass is 32.1. The molecule has 3 N–H and O–H groups in total. The first-order chi connectivity index (χ1) is 21.1. The van der Waals surface area contributed by atoms with Gasteiger partial charge in [0.05, 0.1) is 22.4 Å². The lowest BCUT2D eigenvalue weighted by Gasteiger charge is -2.31. The number of aryl methyl sites for hydroxylation is 1. The maximum absolute atomic E-state index is 13.6. The monoisotopic (exact) mass is 613 g/mol. The van der Waals surface area contributed by atoms with Crippen LogP contribution in [0.1, 0.15) is 61.7 Å². The first kappa shape index (κ1) is 29.4. The van der Waals surface area contributed by atoms with Crippen LogP contribution in [-0.2, 0) is 4.74 Å². The molecular weight excluding hydrogens is 578 g/mol. The Balaban J connectivity index is 1.18. The molecule has 2 aliphatic rings. The number of para-hydroxylation sites is 1. The van der Waals surface area contributed by atoms with Gasteiger partial charge in [-0.15, -0.1) is 11.3 Å². The van der Waals surface area contributed by atoms with Crippen LogP contribution in [0.4, 0.5) is 26.7 Å². The Hall–Kier alpha value is -4.64. The zero-order chi connectivity index (χ0) is 31.0. The van der Waals surface area contributed by atoms with E-state index in [1.165, 1.54) is 11.3 Å². The van der Waals surface area contributed by atoms with Gasteiger partial charge in [0.1, 0.15) is 26.8 Å². The molecule has 1 aliphatic heterocycles. The van der Waals surface area contributed by atoms with Crippen LogP contribution in [-0.4, -0.2) is 40.7 Å². The quantitative estimate of drug-likeness (QED) is 0.205. The molecule has 0 spiro atoms. The summed E-state index contributed by atoms with van der Waals surface area (Å²) in [7, 11) is 0. The van der Waals surface area contributed by atoms with Gasteiger partial charge >= 0.3 is 12.1 Å². The summed E-state index contributed by atoms with van der Waals surface area (Å²) in [5.41, 5.74) is 2.15. The summed E-state index contributed by atoms with van der Waals surface area (Å²) < 4.78 is 11.3. The third-order valence-corrected chi connectivity index (χ3v) is 8.72. The van der Waals surface area contributed by atoms with Crippen LogP contribution in [0.5, 0.6) is 11.5 Å². The molecule has 1 aliphatic carbocycles. The Kier molecular flexibility index (Phi) is 7.89. The summed E-state index contributed by atoms with van der Waals surface area (Å²) in [6.07, 6.45) is 4.14. The molecule has 44 heavy (non-hydrogen) atoms. The summed E-state index contributed by atoms with van der Waals surface area (Å²) in [4.78, 5) is 46.5. The number of nitrogens with one attached hydrogen (secondary N) is 3. The van der Waals surface area contributed by atoms with Gasteiger partial charge in [-0.2, -0.15) is 0 Å². The van der Waals surface area contributed by atoms with Gasteiger partial charge in [0.25, 0.3) is 5.91 Å². The molecule has 2 aromatic carbocycles. The second-order valence-electron chi connectivity index (χ2n) is 12.1. The summed E-state index contributed by atoms with van der Waals surface area (Å²) in [5.74, 6) is 1.15. The standard InChI is InChI=1S/C33H35N5O5S/c1-19-18-23(42-22-8-6-5-7-9-22)14-15-24(19)38-25-16-17-34-30-26(25)27(37-31(38)40)28(44-30)29(39)35-20-10-12-21(13-11-20)36-32(41)43-33(2,3)4/h5-9,14-18,20-21H,10-13H2,1-4H3,(H,35,39)(H,36,41)(H,37,40). The van der Waals surface area contributed by atoms with E-state index in [1.54, 1.807) is 17.2 Å². The van der Waals surface area contributed by atoms with Gasteiger partial charge in [0.2, 0.25) is 0 Å². The first-order valence-corrected chi connectivity index (χ1v) is 15.5. The molecule has 0 unspecified atom stereocenters. The zero-order valence-electron chi connectivity index (χ0n) is 25.1. The molecule has 0 atom stereocenters. The Morgan fingerprint density at radius 2 is 1.66 bits per heavy atom. The van der Waals surface area contributed by atoms with Crippen LogP contribution in [0, 0.1) is 6.92 Å². The predicted molar refractivity (Wildman–Crippen MR) is 171 cm³/mol. The maximum atomic E-state index is 13.6. The van der Waals surface area contributed by atoms with Crippen molar-refractivity contribution in [3.05, 3.63) is 71.2 Å². The first-order valence-electron chi connectivity index (χ1n) is 14.7. The zero-order valence-corrected chi connectivity index (χ0v) is 25.9.